The second kappa shape index (κ2) is 7.45. The number of hydrogen-bond acceptors (Lipinski definition) is 8. The van der Waals surface area contributed by atoms with Gasteiger partial charge < -0.3 is 18.9 Å². The van der Waals surface area contributed by atoms with E-state index in [0.717, 1.165) is 7.14 Å². The van der Waals surface area contributed by atoms with Gasteiger partial charge in [0, 0.05) is 17.1 Å². The standard InChI is InChI=1S/C15H9F2I3O9S/c16-15(17,30(23,24)25)13(22)27-5-2-8-14(3-7(5)26-8)28-6-1-4(18)10(19)11(20)9(6)12(21)29-14/h1,5,7-8H,2-3H2,(H,23,24,25). The number of benzene rings is 1. The first-order valence-electron chi connectivity index (χ1n) is 8.08. The van der Waals surface area contributed by atoms with Crippen LogP contribution in [0.4, 0.5) is 8.78 Å². The second-order valence-corrected chi connectivity index (χ2v) is 11.5. The summed E-state index contributed by atoms with van der Waals surface area (Å²) in [6, 6.07) is 1.68. The summed E-state index contributed by atoms with van der Waals surface area (Å²) in [6.07, 6.45) is -3.39. The maximum absolute atomic E-state index is 13.4. The monoisotopic (exact) mass is 784 g/mol. The third-order valence-electron chi connectivity index (χ3n) is 4.87. The molecule has 9 nitrogen and oxygen atoms in total. The highest BCUT2D eigenvalue weighted by atomic mass is 127. The molecule has 2 fully saturated rings. The molecule has 0 radical (unpaired) electrons. The molecule has 0 aromatic heterocycles. The van der Waals surface area contributed by atoms with E-state index in [1.807, 2.05) is 22.6 Å². The zero-order chi connectivity index (χ0) is 22.2. The molecule has 4 atom stereocenters. The lowest BCUT2D eigenvalue weighted by molar-refractivity contribution is -0.192. The Morgan fingerprint density at radius 3 is 2.50 bits per heavy atom. The van der Waals surface area contributed by atoms with Crippen molar-refractivity contribution in [3.63, 3.8) is 0 Å². The quantitative estimate of drug-likeness (QED) is 0.213. The average molecular weight is 784 g/mol. The summed E-state index contributed by atoms with van der Waals surface area (Å²) < 4.78 is 80.8. The van der Waals surface area contributed by atoms with Gasteiger partial charge in [0.15, 0.2) is 0 Å². The van der Waals surface area contributed by atoms with Crippen molar-refractivity contribution >= 4 is 89.8 Å². The molecule has 3 aliphatic heterocycles. The summed E-state index contributed by atoms with van der Waals surface area (Å²) in [6.45, 7) is 0. The molecule has 3 heterocycles. The third-order valence-corrected chi connectivity index (χ3v) is 10.8. The van der Waals surface area contributed by atoms with Crippen LogP contribution in [0.15, 0.2) is 6.07 Å². The van der Waals surface area contributed by atoms with E-state index in [9.17, 15) is 26.8 Å². The Bertz CT molecular complexity index is 1080. The summed E-state index contributed by atoms with van der Waals surface area (Å²) in [7, 11) is -5.98. The molecule has 4 rings (SSSR count). The maximum Gasteiger partial charge on any atom is 0.465 e. The molecule has 1 spiro atoms. The lowest BCUT2D eigenvalue weighted by atomic mass is 9.90. The van der Waals surface area contributed by atoms with E-state index in [0.29, 0.717) is 9.32 Å². The first-order chi connectivity index (χ1) is 13.8. The van der Waals surface area contributed by atoms with Gasteiger partial charge in [-0.25, -0.2) is 9.59 Å². The van der Waals surface area contributed by atoms with E-state index in [1.165, 1.54) is 0 Å². The van der Waals surface area contributed by atoms with Gasteiger partial charge in [-0.3, -0.25) is 4.55 Å². The fourth-order valence-electron chi connectivity index (χ4n) is 3.50. The van der Waals surface area contributed by atoms with Gasteiger partial charge in [0.25, 0.3) is 5.79 Å². The van der Waals surface area contributed by atoms with Crippen molar-refractivity contribution in [3.8, 4) is 5.75 Å². The lowest BCUT2D eigenvalue weighted by Crippen LogP contribution is -2.54. The maximum atomic E-state index is 13.4. The minimum absolute atomic E-state index is 0.114. The fourth-order valence-corrected chi connectivity index (χ4v) is 6.03. The van der Waals surface area contributed by atoms with Gasteiger partial charge in [-0.1, -0.05) is 0 Å². The van der Waals surface area contributed by atoms with E-state index >= 15 is 0 Å². The van der Waals surface area contributed by atoms with Gasteiger partial charge in [-0.2, -0.15) is 17.2 Å². The predicted octanol–water partition coefficient (Wildman–Crippen LogP) is 2.70. The van der Waals surface area contributed by atoms with Gasteiger partial charge in [-0.15, -0.1) is 0 Å². The molecule has 1 aromatic carbocycles. The number of carbonyl (C=O) groups is 2. The Morgan fingerprint density at radius 1 is 1.27 bits per heavy atom. The van der Waals surface area contributed by atoms with Crippen LogP contribution in [0.3, 0.4) is 0 Å². The lowest BCUT2D eigenvalue weighted by Gasteiger charge is -2.40. The Balaban J connectivity index is 1.54. The predicted molar refractivity (Wildman–Crippen MR) is 118 cm³/mol. The summed E-state index contributed by atoms with van der Waals surface area (Å²) in [5, 5.41) is -5.11. The first-order valence-corrected chi connectivity index (χ1v) is 12.8. The summed E-state index contributed by atoms with van der Waals surface area (Å²) in [5.41, 5.74) is 0.268. The number of hydrogen-bond donors (Lipinski definition) is 1. The zero-order valence-corrected chi connectivity index (χ0v) is 21.5. The molecule has 2 saturated heterocycles. The number of fused-ring (bicyclic) bond motifs is 4. The Labute approximate surface area is 208 Å². The van der Waals surface area contributed by atoms with Crippen LogP contribution in [0.1, 0.15) is 23.2 Å². The van der Waals surface area contributed by atoms with Crippen molar-refractivity contribution in [2.45, 2.75) is 42.2 Å². The molecule has 0 saturated carbocycles. The molecule has 15 heteroatoms. The van der Waals surface area contributed by atoms with Crippen LogP contribution in [0.5, 0.6) is 5.75 Å². The zero-order valence-electron chi connectivity index (χ0n) is 14.2. The van der Waals surface area contributed by atoms with E-state index in [4.69, 9.17) is 18.8 Å². The van der Waals surface area contributed by atoms with E-state index in [-0.39, 0.29) is 18.4 Å². The average Bonchev–Trinajstić information content (AvgIpc) is 3.15. The highest BCUT2D eigenvalue weighted by Gasteiger charge is 2.65. The molecular formula is C15H9F2I3O9S. The van der Waals surface area contributed by atoms with Crippen molar-refractivity contribution in [3.05, 3.63) is 22.3 Å². The van der Waals surface area contributed by atoms with E-state index in [1.54, 1.807) is 6.07 Å². The van der Waals surface area contributed by atoms with Crippen LogP contribution in [-0.2, 0) is 29.1 Å². The first kappa shape index (κ1) is 23.1. The number of carbonyl (C=O) groups excluding carboxylic acids is 2. The van der Waals surface area contributed by atoms with Crippen molar-refractivity contribution in [1.29, 1.82) is 0 Å². The molecule has 4 unspecified atom stereocenters. The minimum atomic E-state index is -5.98. The smallest absolute Gasteiger partial charge is 0.454 e. The fraction of sp³-hybridized carbons (Fsp3) is 0.467. The molecule has 30 heavy (non-hydrogen) atoms. The highest BCUT2D eigenvalue weighted by Crippen LogP contribution is 2.50. The van der Waals surface area contributed by atoms with Crippen molar-refractivity contribution < 1.29 is 50.3 Å². The topological polar surface area (TPSA) is 125 Å². The Kier molecular flexibility index (Phi) is 5.73. The third kappa shape index (κ3) is 3.50. The van der Waals surface area contributed by atoms with Crippen LogP contribution >= 0.6 is 67.8 Å². The van der Waals surface area contributed by atoms with Gasteiger partial charge in [0.1, 0.15) is 29.6 Å². The van der Waals surface area contributed by atoms with Gasteiger partial charge in [0.05, 0.1) is 6.42 Å². The normalized spacial score (nSPS) is 30.1. The molecule has 2 bridgehead atoms. The number of esters is 2. The van der Waals surface area contributed by atoms with Crippen LogP contribution in [0, 0.1) is 10.7 Å². The molecule has 3 aliphatic rings. The largest absolute Gasteiger partial charge is 0.465 e. The van der Waals surface area contributed by atoms with Crippen LogP contribution < -0.4 is 4.74 Å². The van der Waals surface area contributed by atoms with Crippen LogP contribution in [0.2, 0.25) is 0 Å². The number of alkyl halides is 2. The van der Waals surface area contributed by atoms with Crippen LogP contribution in [0.25, 0.3) is 0 Å². The van der Waals surface area contributed by atoms with Gasteiger partial charge >= 0.3 is 27.3 Å². The molecule has 0 amide bonds. The summed E-state index contributed by atoms with van der Waals surface area (Å²) in [4.78, 5) is 24.2. The molecule has 1 N–H and O–H groups in total. The second-order valence-electron chi connectivity index (χ2n) is 6.70. The SMILES string of the molecule is O=C1OC2(CC3OC2CC3OC(=O)C(F)(F)S(=O)(=O)O)Oc2cc(I)c(I)c(I)c21. The molecule has 1 aromatic rings. The van der Waals surface area contributed by atoms with E-state index in [2.05, 4.69) is 49.9 Å². The minimum Gasteiger partial charge on any atom is -0.454 e. The molecule has 164 valence electrons. The summed E-state index contributed by atoms with van der Waals surface area (Å²) >= 11 is 6.20. The Morgan fingerprint density at radius 2 is 1.93 bits per heavy atom. The van der Waals surface area contributed by atoms with Crippen molar-refractivity contribution in [2.75, 3.05) is 0 Å². The van der Waals surface area contributed by atoms with Crippen molar-refractivity contribution in [2.24, 2.45) is 0 Å². The highest BCUT2D eigenvalue weighted by molar-refractivity contribution is 14.1. The number of halogens is 5. The van der Waals surface area contributed by atoms with Crippen LogP contribution in [-0.4, -0.2) is 54.3 Å². The van der Waals surface area contributed by atoms with Gasteiger partial charge in [0.2, 0.25) is 0 Å². The number of rotatable bonds is 3. The van der Waals surface area contributed by atoms with Gasteiger partial charge in [-0.05, 0) is 73.8 Å². The molecular weight excluding hydrogens is 775 g/mol. The Hall–Kier alpha value is -0.120. The summed E-state index contributed by atoms with van der Waals surface area (Å²) in [5.74, 6) is -4.26. The van der Waals surface area contributed by atoms with E-state index < -0.39 is 51.4 Å². The molecule has 0 aliphatic carbocycles. The number of ether oxygens (including phenoxy) is 4. The van der Waals surface area contributed by atoms with Crippen molar-refractivity contribution in [1.82, 2.24) is 0 Å².